The van der Waals surface area contributed by atoms with E-state index in [1.54, 1.807) is 24.5 Å². The number of carbonyl (C=O) groups excluding carboxylic acids is 1. The number of carbonyl (C=O) groups is 1. The number of amides is 1. The smallest absolute Gasteiger partial charge is 0.336 e. The van der Waals surface area contributed by atoms with Gasteiger partial charge in [-0.15, -0.1) is 0 Å². The van der Waals surface area contributed by atoms with Gasteiger partial charge in [-0.1, -0.05) is 13.3 Å². The molecule has 0 fully saturated rings. The molecule has 3 rings (SSSR count). The van der Waals surface area contributed by atoms with Gasteiger partial charge in [0.1, 0.15) is 11.3 Å². The van der Waals surface area contributed by atoms with Crippen molar-refractivity contribution in [1.82, 2.24) is 10.3 Å². The summed E-state index contributed by atoms with van der Waals surface area (Å²) in [6.07, 6.45) is 5.09. The van der Waals surface area contributed by atoms with Gasteiger partial charge in [0.05, 0.1) is 0 Å². The molecular formula is C20H20N2O4. The van der Waals surface area contributed by atoms with Crippen LogP contribution in [0.5, 0.6) is 5.75 Å². The van der Waals surface area contributed by atoms with E-state index in [0.29, 0.717) is 17.9 Å². The third kappa shape index (κ3) is 4.47. The number of aromatic nitrogens is 1. The number of rotatable bonds is 7. The molecule has 0 atom stereocenters. The topological polar surface area (TPSA) is 81.4 Å². The first-order valence-corrected chi connectivity index (χ1v) is 8.51. The van der Waals surface area contributed by atoms with Crippen LogP contribution in [0.1, 0.15) is 24.5 Å². The third-order valence-electron chi connectivity index (χ3n) is 3.93. The molecule has 1 N–H and O–H groups in total. The van der Waals surface area contributed by atoms with Gasteiger partial charge in [0.25, 0.3) is 5.91 Å². The Labute approximate surface area is 150 Å². The molecule has 134 valence electrons. The van der Waals surface area contributed by atoms with E-state index in [-0.39, 0.29) is 18.1 Å². The van der Waals surface area contributed by atoms with Crippen molar-refractivity contribution in [3.05, 3.63) is 70.3 Å². The van der Waals surface area contributed by atoms with Crippen LogP contribution in [0.25, 0.3) is 11.0 Å². The number of hydrogen-bond donors (Lipinski definition) is 1. The SMILES string of the molecule is CCCc1cc(=O)oc2cc(OCC(=O)NCc3ccncc3)ccc12. The lowest BCUT2D eigenvalue weighted by molar-refractivity contribution is -0.123. The molecule has 0 radical (unpaired) electrons. The summed E-state index contributed by atoms with van der Waals surface area (Å²) in [6.45, 7) is 2.36. The van der Waals surface area contributed by atoms with Gasteiger partial charge in [-0.2, -0.15) is 0 Å². The van der Waals surface area contributed by atoms with E-state index in [4.69, 9.17) is 9.15 Å². The van der Waals surface area contributed by atoms with Crippen molar-refractivity contribution in [2.75, 3.05) is 6.61 Å². The normalized spacial score (nSPS) is 10.7. The molecule has 0 unspecified atom stereocenters. The molecular weight excluding hydrogens is 332 g/mol. The quantitative estimate of drug-likeness (QED) is 0.661. The zero-order chi connectivity index (χ0) is 18.4. The molecule has 1 amide bonds. The molecule has 2 heterocycles. The van der Waals surface area contributed by atoms with E-state index in [9.17, 15) is 9.59 Å². The van der Waals surface area contributed by atoms with Crippen LogP contribution >= 0.6 is 0 Å². The first-order valence-electron chi connectivity index (χ1n) is 8.51. The highest BCUT2D eigenvalue weighted by atomic mass is 16.5. The van der Waals surface area contributed by atoms with Crippen molar-refractivity contribution in [2.45, 2.75) is 26.3 Å². The zero-order valence-corrected chi connectivity index (χ0v) is 14.5. The number of hydrogen-bond acceptors (Lipinski definition) is 5. The van der Waals surface area contributed by atoms with Gasteiger partial charge in [0.2, 0.25) is 0 Å². The number of benzene rings is 1. The molecule has 0 spiro atoms. The van der Waals surface area contributed by atoms with E-state index in [1.807, 2.05) is 18.2 Å². The summed E-state index contributed by atoms with van der Waals surface area (Å²) in [5, 5.41) is 3.67. The number of ether oxygens (including phenoxy) is 1. The lowest BCUT2D eigenvalue weighted by Gasteiger charge is -2.09. The molecule has 0 bridgehead atoms. The van der Waals surface area contributed by atoms with Crippen LogP contribution in [-0.4, -0.2) is 17.5 Å². The Bertz CT molecular complexity index is 951. The summed E-state index contributed by atoms with van der Waals surface area (Å²) in [6, 6.07) is 10.5. The predicted molar refractivity (Wildman–Crippen MR) is 98.1 cm³/mol. The van der Waals surface area contributed by atoms with Crippen LogP contribution in [0.2, 0.25) is 0 Å². The fourth-order valence-electron chi connectivity index (χ4n) is 2.68. The molecule has 6 heteroatoms. The summed E-state index contributed by atoms with van der Waals surface area (Å²) >= 11 is 0. The van der Waals surface area contributed by atoms with Crippen LogP contribution in [0, 0.1) is 0 Å². The summed E-state index contributed by atoms with van der Waals surface area (Å²) in [7, 11) is 0. The lowest BCUT2D eigenvalue weighted by Crippen LogP contribution is -2.28. The van der Waals surface area contributed by atoms with Gasteiger partial charge in [-0.3, -0.25) is 9.78 Å². The highest BCUT2D eigenvalue weighted by molar-refractivity contribution is 5.82. The minimum atomic E-state index is -0.381. The zero-order valence-electron chi connectivity index (χ0n) is 14.5. The first kappa shape index (κ1) is 17.7. The van der Waals surface area contributed by atoms with Gasteiger partial charge in [-0.25, -0.2) is 4.79 Å². The van der Waals surface area contributed by atoms with Gasteiger partial charge < -0.3 is 14.5 Å². The summed E-state index contributed by atoms with van der Waals surface area (Å²) in [5.41, 5.74) is 2.01. The van der Waals surface area contributed by atoms with E-state index in [2.05, 4.69) is 17.2 Å². The number of pyridine rings is 1. The Morgan fingerprint density at radius 3 is 2.77 bits per heavy atom. The maximum Gasteiger partial charge on any atom is 0.336 e. The average Bonchev–Trinajstić information content (AvgIpc) is 2.65. The van der Waals surface area contributed by atoms with Crippen molar-refractivity contribution in [2.24, 2.45) is 0 Å². The molecule has 1 aromatic carbocycles. The maximum absolute atomic E-state index is 11.9. The van der Waals surface area contributed by atoms with Crippen molar-refractivity contribution < 1.29 is 13.9 Å². The number of aryl methyl sites for hydroxylation is 1. The van der Waals surface area contributed by atoms with Crippen molar-refractivity contribution in [3.8, 4) is 5.75 Å². The highest BCUT2D eigenvalue weighted by Gasteiger charge is 2.08. The maximum atomic E-state index is 11.9. The van der Waals surface area contributed by atoms with Crippen LogP contribution < -0.4 is 15.7 Å². The van der Waals surface area contributed by atoms with E-state index >= 15 is 0 Å². The third-order valence-corrected chi connectivity index (χ3v) is 3.93. The molecule has 6 nitrogen and oxygen atoms in total. The average molecular weight is 352 g/mol. The largest absolute Gasteiger partial charge is 0.484 e. The van der Waals surface area contributed by atoms with E-state index in [1.165, 1.54) is 6.07 Å². The highest BCUT2D eigenvalue weighted by Crippen LogP contribution is 2.23. The van der Waals surface area contributed by atoms with Crippen LogP contribution in [0.3, 0.4) is 0 Å². The second-order valence-corrected chi connectivity index (χ2v) is 5.92. The van der Waals surface area contributed by atoms with Crippen LogP contribution in [0.15, 0.2) is 58.0 Å². The van der Waals surface area contributed by atoms with E-state index < -0.39 is 0 Å². The molecule has 2 aromatic heterocycles. The van der Waals surface area contributed by atoms with Crippen molar-refractivity contribution in [3.63, 3.8) is 0 Å². The Kier molecular flexibility index (Phi) is 5.63. The van der Waals surface area contributed by atoms with Gasteiger partial charge in [0, 0.05) is 36.5 Å². The summed E-state index contributed by atoms with van der Waals surface area (Å²) in [5.74, 6) is 0.247. The lowest BCUT2D eigenvalue weighted by atomic mass is 10.1. The predicted octanol–water partition coefficient (Wildman–Crippen LogP) is 2.84. The minimum absolute atomic E-state index is 0.116. The Morgan fingerprint density at radius 1 is 1.19 bits per heavy atom. The Morgan fingerprint density at radius 2 is 2.00 bits per heavy atom. The first-order chi connectivity index (χ1) is 12.7. The second-order valence-electron chi connectivity index (χ2n) is 5.92. The van der Waals surface area contributed by atoms with Crippen LogP contribution in [0.4, 0.5) is 0 Å². The number of nitrogens with one attached hydrogen (secondary N) is 1. The summed E-state index contributed by atoms with van der Waals surface area (Å²) < 4.78 is 10.8. The van der Waals surface area contributed by atoms with Crippen molar-refractivity contribution in [1.29, 1.82) is 0 Å². The van der Waals surface area contributed by atoms with Crippen LogP contribution in [-0.2, 0) is 17.8 Å². The molecule has 0 saturated heterocycles. The van der Waals surface area contributed by atoms with E-state index in [0.717, 1.165) is 29.4 Å². The number of nitrogens with zero attached hydrogens (tertiary/aromatic N) is 1. The second kappa shape index (κ2) is 8.29. The molecule has 3 aromatic rings. The minimum Gasteiger partial charge on any atom is -0.484 e. The Hall–Kier alpha value is -3.15. The monoisotopic (exact) mass is 352 g/mol. The fourth-order valence-corrected chi connectivity index (χ4v) is 2.68. The fraction of sp³-hybridized carbons (Fsp3) is 0.250. The van der Waals surface area contributed by atoms with Crippen molar-refractivity contribution >= 4 is 16.9 Å². The Balaban J connectivity index is 1.63. The molecule has 0 saturated carbocycles. The molecule has 0 aliphatic carbocycles. The summed E-state index contributed by atoms with van der Waals surface area (Å²) in [4.78, 5) is 27.6. The van der Waals surface area contributed by atoms with Gasteiger partial charge in [0.15, 0.2) is 6.61 Å². The van der Waals surface area contributed by atoms with Gasteiger partial charge in [-0.05, 0) is 41.8 Å². The number of fused-ring (bicyclic) bond motifs is 1. The molecule has 0 aliphatic rings. The molecule has 0 aliphatic heterocycles. The standard InChI is InChI=1S/C20H20N2O4/c1-2-3-15-10-20(24)26-18-11-16(4-5-17(15)18)25-13-19(23)22-12-14-6-8-21-9-7-14/h4-11H,2-3,12-13H2,1H3,(H,22,23). The molecule has 26 heavy (non-hydrogen) atoms. The van der Waals surface area contributed by atoms with Gasteiger partial charge >= 0.3 is 5.63 Å².